The van der Waals surface area contributed by atoms with Gasteiger partial charge >= 0.3 is 0 Å². The molecule has 7 heteroatoms. The average Bonchev–Trinajstić information content (AvgIpc) is 2.61. The standard InChI is InChI=1S/C18H15ClFIN2O2/c19-16-11-13(20)3-6-15(16)18(25)23-9-7-22(8-10-23)17(24)12-1-4-14(21)5-2-12/h1-6,11H,7-10H2. The third-order valence-electron chi connectivity index (χ3n) is 4.11. The van der Waals surface area contributed by atoms with Crippen LogP contribution < -0.4 is 0 Å². The molecule has 130 valence electrons. The number of amides is 2. The van der Waals surface area contributed by atoms with Crippen LogP contribution in [-0.2, 0) is 0 Å². The molecule has 1 aliphatic heterocycles. The second-order valence-corrected chi connectivity index (χ2v) is 7.37. The molecule has 4 nitrogen and oxygen atoms in total. The Morgan fingerprint density at radius 2 is 1.48 bits per heavy atom. The lowest BCUT2D eigenvalue weighted by Crippen LogP contribution is -2.50. The molecule has 0 saturated carbocycles. The Kier molecular flexibility index (Phi) is 5.58. The quantitative estimate of drug-likeness (QED) is 0.626. The van der Waals surface area contributed by atoms with Crippen molar-refractivity contribution in [3.8, 4) is 0 Å². The fourth-order valence-electron chi connectivity index (χ4n) is 2.72. The highest BCUT2D eigenvalue weighted by molar-refractivity contribution is 14.1. The summed E-state index contributed by atoms with van der Waals surface area (Å²) in [6, 6.07) is 11.1. The summed E-state index contributed by atoms with van der Waals surface area (Å²) in [6.07, 6.45) is 0. The monoisotopic (exact) mass is 472 g/mol. The fraction of sp³-hybridized carbons (Fsp3) is 0.222. The Balaban J connectivity index is 1.64. The molecule has 3 rings (SSSR count). The Labute approximate surface area is 163 Å². The third kappa shape index (κ3) is 4.12. The van der Waals surface area contributed by atoms with Crippen molar-refractivity contribution in [2.45, 2.75) is 0 Å². The molecule has 0 unspecified atom stereocenters. The van der Waals surface area contributed by atoms with Crippen molar-refractivity contribution < 1.29 is 14.0 Å². The van der Waals surface area contributed by atoms with E-state index in [1.165, 1.54) is 12.1 Å². The number of piperazine rings is 1. The van der Waals surface area contributed by atoms with E-state index in [1.807, 2.05) is 12.1 Å². The van der Waals surface area contributed by atoms with E-state index in [2.05, 4.69) is 22.6 Å². The van der Waals surface area contributed by atoms with Crippen molar-refractivity contribution in [1.29, 1.82) is 0 Å². The lowest BCUT2D eigenvalue weighted by molar-refractivity contribution is 0.0535. The number of carbonyl (C=O) groups is 2. The molecule has 1 fully saturated rings. The summed E-state index contributed by atoms with van der Waals surface area (Å²) < 4.78 is 14.2. The molecule has 0 atom stereocenters. The number of benzene rings is 2. The van der Waals surface area contributed by atoms with Crippen LogP contribution in [0.15, 0.2) is 42.5 Å². The number of carbonyl (C=O) groups excluding carboxylic acids is 2. The van der Waals surface area contributed by atoms with E-state index >= 15 is 0 Å². The van der Waals surface area contributed by atoms with Crippen molar-refractivity contribution >= 4 is 46.0 Å². The molecule has 0 spiro atoms. The van der Waals surface area contributed by atoms with Gasteiger partial charge in [-0.15, -0.1) is 0 Å². The van der Waals surface area contributed by atoms with Gasteiger partial charge in [0.15, 0.2) is 0 Å². The minimum Gasteiger partial charge on any atom is -0.335 e. The van der Waals surface area contributed by atoms with Crippen LogP contribution >= 0.6 is 34.2 Å². The minimum atomic E-state index is -0.477. The van der Waals surface area contributed by atoms with Gasteiger partial charge in [-0.1, -0.05) is 11.6 Å². The van der Waals surface area contributed by atoms with E-state index in [-0.39, 0.29) is 22.4 Å². The molecule has 25 heavy (non-hydrogen) atoms. The molecule has 2 aromatic rings. The minimum absolute atomic E-state index is 0.0386. The van der Waals surface area contributed by atoms with Gasteiger partial charge in [-0.25, -0.2) is 4.39 Å². The van der Waals surface area contributed by atoms with Gasteiger partial charge in [-0.05, 0) is 65.1 Å². The predicted molar refractivity (Wildman–Crippen MR) is 102 cm³/mol. The highest BCUT2D eigenvalue weighted by Gasteiger charge is 2.26. The Hall–Kier alpha value is -1.67. The van der Waals surface area contributed by atoms with Gasteiger partial charge in [-0.2, -0.15) is 0 Å². The van der Waals surface area contributed by atoms with Crippen LogP contribution in [0, 0.1) is 9.39 Å². The van der Waals surface area contributed by atoms with Gasteiger partial charge in [0.2, 0.25) is 0 Å². The number of rotatable bonds is 2. The third-order valence-corrected chi connectivity index (χ3v) is 5.14. The first-order valence-electron chi connectivity index (χ1n) is 7.75. The molecule has 1 heterocycles. The summed E-state index contributed by atoms with van der Waals surface area (Å²) in [4.78, 5) is 28.4. The van der Waals surface area contributed by atoms with Crippen molar-refractivity contribution in [2.75, 3.05) is 26.2 Å². The maximum absolute atomic E-state index is 13.1. The first-order chi connectivity index (χ1) is 12.0. The molecular formula is C18H15ClFIN2O2. The Morgan fingerprint density at radius 3 is 2.04 bits per heavy atom. The molecule has 0 bridgehead atoms. The zero-order chi connectivity index (χ0) is 18.0. The molecule has 0 radical (unpaired) electrons. The summed E-state index contributed by atoms with van der Waals surface area (Å²) in [6.45, 7) is 1.75. The van der Waals surface area contributed by atoms with E-state index in [0.29, 0.717) is 31.7 Å². The number of hydrogen-bond donors (Lipinski definition) is 0. The van der Waals surface area contributed by atoms with Crippen molar-refractivity contribution in [2.24, 2.45) is 0 Å². The van der Waals surface area contributed by atoms with Crippen molar-refractivity contribution in [1.82, 2.24) is 9.80 Å². The van der Waals surface area contributed by atoms with Gasteiger partial charge in [0.1, 0.15) is 5.82 Å². The lowest BCUT2D eigenvalue weighted by Gasteiger charge is -2.35. The van der Waals surface area contributed by atoms with Gasteiger partial charge < -0.3 is 9.80 Å². The van der Waals surface area contributed by atoms with E-state index < -0.39 is 5.82 Å². The first-order valence-corrected chi connectivity index (χ1v) is 9.20. The van der Waals surface area contributed by atoms with E-state index in [4.69, 9.17) is 11.6 Å². The second-order valence-electron chi connectivity index (χ2n) is 5.72. The zero-order valence-electron chi connectivity index (χ0n) is 13.2. The lowest BCUT2D eigenvalue weighted by atomic mass is 10.1. The SMILES string of the molecule is O=C(c1ccc(I)cc1)N1CCN(C(=O)c2ccc(F)cc2Cl)CC1. The summed E-state index contributed by atoms with van der Waals surface area (Å²) in [5.74, 6) is -0.760. The zero-order valence-corrected chi connectivity index (χ0v) is 16.1. The fourth-order valence-corrected chi connectivity index (χ4v) is 3.33. The smallest absolute Gasteiger partial charge is 0.255 e. The van der Waals surface area contributed by atoms with Crippen LogP contribution in [-0.4, -0.2) is 47.8 Å². The molecule has 2 amide bonds. The summed E-state index contributed by atoms with van der Waals surface area (Å²) in [7, 11) is 0. The summed E-state index contributed by atoms with van der Waals surface area (Å²) >= 11 is 8.15. The normalized spacial score (nSPS) is 14.5. The Bertz CT molecular complexity index is 805. The number of halogens is 3. The van der Waals surface area contributed by atoms with Crippen LogP contribution in [0.5, 0.6) is 0 Å². The summed E-state index contributed by atoms with van der Waals surface area (Å²) in [5.41, 5.74) is 0.919. The highest BCUT2D eigenvalue weighted by atomic mass is 127. The van der Waals surface area contributed by atoms with Gasteiger partial charge in [0.25, 0.3) is 11.8 Å². The molecule has 2 aromatic carbocycles. The van der Waals surface area contributed by atoms with E-state index in [1.54, 1.807) is 21.9 Å². The van der Waals surface area contributed by atoms with Crippen molar-refractivity contribution in [3.63, 3.8) is 0 Å². The largest absolute Gasteiger partial charge is 0.335 e. The maximum Gasteiger partial charge on any atom is 0.255 e. The Morgan fingerprint density at radius 1 is 0.920 bits per heavy atom. The molecular weight excluding hydrogens is 458 g/mol. The van der Waals surface area contributed by atoms with Gasteiger partial charge in [-0.3, -0.25) is 9.59 Å². The summed E-state index contributed by atoms with van der Waals surface area (Å²) in [5, 5.41) is 0.0994. The van der Waals surface area contributed by atoms with Crippen LogP contribution in [0.2, 0.25) is 5.02 Å². The van der Waals surface area contributed by atoms with Crippen LogP contribution in [0.4, 0.5) is 4.39 Å². The second kappa shape index (κ2) is 7.70. The highest BCUT2D eigenvalue weighted by Crippen LogP contribution is 2.20. The van der Waals surface area contributed by atoms with Crippen LogP contribution in [0.25, 0.3) is 0 Å². The van der Waals surface area contributed by atoms with Gasteiger partial charge in [0, 0.05) is 35.3 Å². The molecule has 0 aromatic heterocycles. The topological polar surface area (TPSA) is 40.6 Å². The molecule has 0 aliphatic carbocycles. The van der Waals surface area contributed by atoms with E-state index in [9.17, 15) is 14.0 Å². The van der Waals surface area contributed by atoms with Crippen LogP contribution in [0.1, 0.15) is 20.7 Å². The number of nitrogens with zero attached hydrogens (tertiary/aromatic N) is 2. The maximum atomic E-state index is 13.1. The average molecular weight is 473 g/mol. The predicted octanol–water partition coefficient (Wildman–Crippen LogP) is 3.68. The number of hydrogen-bond acceptors (Lipinski definition) is 2. The molecule has 1 aliphatic rings. The van der Waals surface area contributed by atoms with Crippen LogP contribution in [0.3, 0.4) is 0 Å². The van der Waals surface area contributed by atoms with Crippen molar-refractivity contribution in [3.05, 3.63) is 68.0 Å². The first kappa shape index (κ1) is 18.1. The molecule has 1 saturated heterocycles. The van der Waals surface area contributed by atoms with Gasteiger partial charge in [0.05, 0.1) is 10.6 Å². The molecule has 0 N–H and O–H groups in total. The van der Waals surface area contributed by atoms with E-state index in [0.717, 1.165) is 9.64 Å².